The number of carbonyl (C=O) groups is 1. The maximum atomic E-state index is 12.9. The predicted molar refractivity (Wildman–Crippen MR) is 105 cm³/mol. The van der Waals surface area contributed by atoms with Gasteiger partial charge in [-0.3, -0.25) is 9.48 Å². The van der Waals surface area contributed by atoms with Gasteiger partial charge in [-0.1, -0.05) is 19.3 Å². The van der Waals surface area contributed by atoms with Crippen LogP contribution in [0.25, 0.3) is 0 Å². The number of piperidine rings is 1. The molecule has 2 aliphatic heterocycles. The maximum Gasteiger partial charge on any atom is 0.274 e. The molecular weight excluding hydrogens is 356 g/mol. The van der Waals surface area contributed by atoms with Gasteiger partial charge in [0, 0.05) is 36.3 Å². The van der Waals surface area contributed by atoms with Crippen LogP contribution in [0, 0.1) is 0 Å². The Kier molecular flexibility index (Phi) is 6.34. The third kappa shape index (κ3) is 4.17. The van der Waals surface area contributed by atoms with Gasteiger partial charge in [-0.2, -0.15) is 16.9 Å². The first-order chi connectivity index (χ1) is 11.8. The number of halogens is 1. The number of rotatable bonds is 2. The molecule has 1 aromatic heterocycles. The van der Waals surface area contributed by atoms with Crippen LogP contribution in [-0.2, 0) is 0 Å². The summed E-state index contributed by atoms with van der Waals surface area (Å²) < 4.78 is 2.32. The zero-order valence-electron chi connectivity index (χ0n) is 14.8. The maximum absolute atomic E-state index is 12.9. The largest absolute Gasteiger partial charge is 0.335 e. The van der Waals surface area contributed by atoms with Gasteiger partial charge in [-0.15, -0.1) is 12.4 Å². The predicted octanol–water partition coefficient (Wildman–Crippen LogP) is 3.12. The average Bonchev–Trinajstić information content (AvgIpc) is 3.13. The van der Waals surface area contributed by atoms with Gasteiger partial charge in [0.2, 0.25) is 0 Å². The smallest absolute Gasteiger partial charge is 0.274 e. The lowest BCUT2D eigenvalue weighted by Gasteiger charge is -2.44. The second-order valence-electron chi connectivity index (χ2n) is 7.50. The Labute approximate surface area is 160 Å². The number of aromatic nitrogens is 2. The number of nitrogens with zero attached hydrogens (tertiary/aromatic N) is 3. The Hall–Kier alpha value is -0.720. The molecule has 1 aliphatic carbocycles. The second kappa shape index (κ2) is 8.31. The van der Waals surface area contributed by atoms with Crippen molar-refractivity contribution in [2.75, 3.05) is 31.9 Å². The van der Waals surface area contributed by atoms with Crippen molar-refractivity contribution in [3.05, 3.63) is 18.0 Å². The van der Waals surface area contributed by atoms with Crippen molar-refractivity contribution < 1.29 is 4.79 Å². The van der Waals surface area contributed by atoms with Gasteiger partial charge in [0.25, 0.3) is 5.91 Å². The fraction of sp³-hybridized carbons (Fsp3) is 0.778. The fourth-order valence-corrected chi connectivity index (χ4v) is 5.96. The molecule has 1 aromatic rings. The molecule has 1 amide bonds. The normalized spacial score (nSPS) is 26.2. The molecule has 7 heteroatoms. The van der Waals surface area contributed by atoms with E-state index in [0.717, 1.165) is 38.4 Å². The highest BCUT2D eigenvalue weighted by molar-refractivity contribution is 8.00. The highest BCUT2D eigenvalue weighted by atomic mass is 35.5. The van der Waals surface area contributed by atoms with Crippen molar-refractivity contribution in [3.8, 4) is 0 Å². The molecule has 1 unspecified atom stereocenters. The van der Waals surface area contributed by atoms with E-state index in [2.05, 4.69) is 27.1 Å². The summed E-state index contributed by atoms with van der Waals surface area (Å²) in [6.45, 7) is 3.83. The minimum Gasteiger partial charge on any atom is -0.335 e. The van der Waals surface area contributed by atoms with E-state index < -0.39 is 0 Å². The van der Waals surface area contributed by atoms with Crippen LogP contribution < -0.4 is 5.32 Å². The third-order valence-corrected chi connectivity index (χ3v) is 7.31. The number of carbonyl (C=O) groups excluding carboxylic acids is 1. The molecule has 3 fully saturated rings. The van der Waals surface area contributed by atoms with E-state index in [1.54, 1.807) is 0 Å². The zero-order valence-corrected chi connectivity index (χ0v) is 16.4. The molecule has 0 radical (unpaired) electrons. The Morgan fingerprint density at radius 1 is 1.28 bits per heavy atom. The van der Waals surface area contributed by atoms with Crippen molar-refractivity contribution in [3.63, 3.8) is 0 Å². The van der Waals surface area contributed by atoms with Crippen LogP contribution in [-0.4, -0.2) is 57.3 Å². The van der Waals surface area contributed by atoms with Crippen LogP contribution >= 0.6 is 24.2 Å². The van der Waals surface area contributed by atoms with Crippen LogP contribution in [0.3, 0.4) is 0 Å². The molecular formula is C18H29ClN4OS. The summed E-state index contributed by atoms with van der Waals surface area (Å²) in [6.07, 6.45) is 10.8. The molecule has 0 bridgehead atoms. The molecule has 1 atom stereocenters. The first-order valence-corrected chi connectivity index (χ1v) is 10.4. The zero-order chi connectivity index (χ0) is 16.4. The van der Waals surface area contributed by atoms with Crippen LogP contribution in [0.5, 0.6) is 0 Å². The summed E-state index contributed by atoms with van der Waals surface area (Å²) in [5.41, 5.74) is 0.624. The topological polar surface area (TPSA) is 50.2 Å². The number of hydrogen-bond donors (Lipinski definition) is 1. The number of hydrogen-bond acceptors (Lipinski definition) is 4. The highest BCUT2D eigenvalue weighted by Gasteiger charge is 2.39. The van der Waals surface area contributed by atoms with Crippen molar-refractivity contribution >= 4 is 30.1 Å². The van der Waals surface area contributed by atoms with Crippen molar-refractivity contribution in [2.45, 2.75) is 55.7 Å². The monoisotopic (exact) mass is 384 g/mol. The quantitative estimate of drug-likeness (QED) is 0.851. The molecule has 1 saturated carbocycles. The summed E-state index contributed by atoms with van der Waals surface area (Å²) >= 11 is 2.10. The Morgan fingerprint density at radius 3 is 2.88 bits per heavy atom. The first-order valence-electron chi connectivity index (χ1n) is 9.45. The summed E-state index contributed by atoms with van der Waals surface area (Å²) in [6, 6.07) is 2.30. The molecule has 2 saturated heterocycles. The molecule has 25 heavy (non-hydrogen) atoms. The molecule has 1 N–H and O–H groups in total. The third-order valence-electron chi connectivity index (χ3n) is 5.77. The lowest BCUT2D eigenvalue weighted by atomic mass is 9.87. The van der Waals surface area contributed by atoms with Crippen LogP contribution in [0.4, 0.5) is 0 Å². The highest BCUT2D eigenvalue weighted by Crippen LogP contribution is 2.42. The van der Waals surface area contributed by atoms with Gasteiger partial charge in [-0.05, 0) is 38.3 Å². The fourth-order valence-electron chi connectivity index (χ4n) is 4.39. The molecule has 3 aliphatic rings. The SMILES string of the molecule is Cl.O=C(c1ccn(C2CCCNC2)n1)N1CCSC2(CCCCC2)C1. The van der Waals surface area contributed by atoms with Crippen LogP contribution in [0.15, 0.2) is 12.3 Å². The standard InChI is InChI=1S/C18H28N4OS.ClH/c23-17(16-6-10-22(20-16)15-5-4-9-19-13-15)21-11-12-24-18(14-21)7-2-1-3-8-18;/h6,10,15,19H,1-5,7-9,11-14H2;1H. The lowest BCUT2D eigenvalue weighted by molar-refractivity contribution is 0.0722. The summed E-state index contributed by atoms with van der Waals surface area (Å²) in [7, 11) is 0. The van der Waals surface area contributed by atoms with Gasteiger partial charge < -0.3 is 10.2 Å². The van der Waals surface area contributed by atoms with Gasteiger partial charge in [0.15, 0.2) is 0 Å². The molecule has 0 aromatic carbocycles. The van der Waals surface area contributed by atoms with Crippen LogP contribution in [0.1, 0.15) is 61.5 Å². The van der Waals surface area contributed by atoms with Crippen molar-refractivity contribution in [2.24, 2.45) is 0 Å². The molecule has 140 valence electrons. The average molecular weight is 385 g/mol. The summed E-state index contributed by atoms with van der Waals surface area (Å²) in [5, 5.41) is 8.04. The number of amides is 1. The lowest BCUT2D eigenvalue weighted by Crippen LogP contribution is -2.50. The van der Waals surface area contributed by atoms with E-state index in [1.807, 2.05) is 16.9 Å². The number of thioether (sulfide) groups is 1. The van der Waals surface area contributed by atoms with Gasteiger partial charge in [0.05, 0.1) is 6.04 Å². The summed E-state index contributed by atoms with van der Waals surface area (Å²) in [4.78, 5) is 15.0. The van der Waals surface area contributed by atoms with Crippen molar-refractivity contribution in [1.29, 1.82) is 0 Å². The Balaban J connectivity index is 0.00000182. The van der Waals surface area contributed by atoms with Crippen LogP contribution in [0.2, 0.25) is 0 Å². The van der Waals surface area contributed by atoms with Gasteiger partial charge in [-0.25, -0.2) is 0 Å². The minimum atomic E-state index is 0. The van der Waals surface area contributed by atoms with E-state index in [9.17, 15) is 4.79 Å². The van der Waals surface area contributed by atoms with E-state index in [-0.39, 0.29) is 18.3 Å². The number of nitrogens with one attached hydrogen (secondary N) is 1. The molecule has 1 spiro atoms. The molecule has 4 rings (SSSR count). The Bertz CT molecular complexity index is 576. The Morgan fingerprint density at radius 2 is 2.12 bits per heavy atom. The first kappa shape index (κ1) is 19.1. The van der Waals surface area contributed by atoms with Gasteiger partial charge in [0.1, 0.15) is 5.69 Å². The minimum absolute atomic E-state index is 0. The van der Waals surface area contributed by atoms with E-state index >= 15 is 0 Å². The second-order valence-corrected chi connectivity index (χ2v) is 9.06. The van der Waals surface area contributed by atoms with Crippen molar-refractivity contribution in [1.82, 2.24) is 20.0 Å². The van der Waals surface area contributed by atoms with E-state index in [0.29, 0.717) is 16.5 Å². The summed E-state index contributed by atoms with van der Waals surface area (Å²) in [5.74, 6) is 1.20. The van der Waals surface area contributed by atoms with Gasteiger partial charge >= 0.3 is 0 Å². The van der Waals surface area contributed by atoms with E-state index in [4.69, 9.17) is 0 Å². The molecule has 3 heterocycles. The molecule has 5 nitrogen and oxygen atoms in total. The van der Waals surface area contributed by atoms with E-state index in [1.165, 1.54) is 38.5 Å².